The van der Waals surface area contributed by atoms with Crippen LogP contribution in [0.4, 0.5) is 0 Å². The number of pyridine rings is 1. The third-order valence-electron chi connectivity index (χ3n) is 3.07. The first-order chi connectivity index (χ1) is 9.95. The zero-order valence-corrected chi connectivity index (χ0v) is 13.9. The highest BCUT2D eigenvalue weighted by Crippen LogP contribution is 2.26. The molecule has 0 fully saturated rings. The summed E-state index contributed by atoms with van der Waals surface area (Å²) in [6.07, 6.45) is 3.28. The second-order valence-electron chi connectivity index (χ2n) is 4.59. The number of sulfonamides is 1. The SMILES string of the molecule is CN(Cc1ccncc1)S(=O)(=O)c1ccc(CN)cc1Br. The summed E-state index contributed by atoms with van der Waals surface area (Å²) in [5, 5.41) is 0. The van der Waals surface area contributed by atoms with Gasteiger partial charge in [0, 0.05) is 37.0 Å². The smallest absolute Gasteiger partial charge is 0.244 e. The van der Waals surface area contributed by atoms with Crippen LogP contribution >= 0.6 is 15.9 Å². The minimum atomic E-state index is -3.57. The second kappa shape index (κ2) is 6.65. The highest BCUT2D eigenvalue weighted by Gasteiger charge is 2.23. The third-order valence-corrected chi connectivity index (χ3v) is 5.85. The molecule has 0 bridgehead atoms. The average molecular weight is 370 g/mol. The van der Waals surface area contributed by atoms with E-state index in [9.17, 15) is 8.42 Å². The molecule has 2 aromatic rings. The van der Waals surface area contributed by atoms with Crippen molar-refractivity contribution in [2.75, 3.05) is 7.05 Å². The van der Waals surface area contributed by atoms with Gasteiger partial charge in [-0.1, -0.05) is 6.07 Å². The Bertz CT molecular complexity index is 720. The molecule has 0 aliphatic rings. The number of rotatable bonds is 5. The van der Waals surface area contributed by atoms with E-state index >= 15 is 0 Å². The molecule has 0 atom stereocenters. The van der Waals surface area contributed by atoms with Crippen LogP contribution in [0.5, 0.6) is 0 Å². The lowest BCUT2D eigenvalue weighted by Gasteiger charge is -2.18. The predicted molar refractivity (Wildman–Crippen MR) is 84.9 cm³/mol. The van der Waals surface area contributed by atoms with Crippen molar-refractivity contribution in [2.45, 2.75) is 18.0 Å². The summed E-state index contributed by atoms with van der Waals surface area (Å²) in [4.78, 5) is 4.15. The highest BCUT2D eigenvalue weighted by atomic mass is 79.9. The Balaban J connectivity index is 2.29. The van der Waals surface area contributed by atoms with Gasteiger partial charge in [-0.15, -0.1) is 0 Å². The molecule has 0 radical (unpaired) electrons. The number of aromatic nitrogens is 1. The topological polar surface area (TPSA) is 76.3 Å². The molecule has 1 heterocycles. The van der Waals surface area contributed by atoms with Crippen LogP contribution in [0.15, 0.2) is 52.1 Å². The molecule has 1 aromatic heterocycles. The lowest BCUT2D eigenvalue weighted by atomic mass is 10.2. The van der Waals surface area contributed by atoms with E-state index in [1.165, 1.54) is 4.31 Å². The molecule has 2 N–H and O–H groups in total. The van der Waals surface area contributed by atoms with Crippen molar-refractivity contribution in [1.82, 2.24) is 9.29 Å². The summed E-state index contributed by atoms with van der Waals surface area (Å²) in [6, 6.07) is 8.60. The van der Waals surface area contributed by atoms with Gasteiger partial charge in [-0.3, -0.25) is 4.98 Å². The van der Waals surface area contributed by atoms with E-state index in [1.807, 2.05) is 0 Å². The van der Waals surface area contributed by atoms with Gasteiger partial charge in [0.15, 0.2) is 0 Å². The molecule has 0 saturated heterocycles. The van der Waals surface area contributed by atoms with E-state index < -0.39 is 10.0 Å². The highest BCUT2D eigenvalue weighted by molar-refractivity contribution is 9.10. The van der Waals surface area contributed by atoms with Crippen LogP contribution < -0.4 is 5.73 Å². The standard InChI is InChI=1S/C14H16BrN3O2S/c1-18(10-11-4-6-17-7-5-11)21(19,20)14-3-2-12(9-16)8-13(14)15/h2-8H,9-10,16H2,1H3. The minimum Gasteiger partial charge on any atom is -0.326 e. The van der Waals surface area contributed by atoms with Gasteiger partial charge in [0.25, 0.3) is 0 Å². The first kappa shape index (κ1) is 16.1. The van der Waals surface area contributed by atoms with E-state index in [-0.39, 0.29) is 11.4 Å². The zero-order chi connectivity index (χ0) is 15.5. The number of halogens is 1. The largest absolute Gasteiger partial charge is 0.326 e. The van der Waals surface area contributed by atoms with Crippen LogP contribution in [0, 0.1) is 0 Å². The molecule has 5 nitrogen and oxygen atoms in total. The second-order valence-corrected chi connectivity index (χ2v) is 7.45. The van der Waals surface area contributed by atoms with E-state index in [0.29, 0.717) is 11.0 Å². The van der Waals surface area contributed by atoms with Gasteiger partial charge in [-0.25, -0.2) is 8.42 Å². The van der Waals surface area contributed by atoms with Gasteiger partial charge >= 0.3 is 0 Å². The summed E-state index contributed by atoms with van der Waals surface area (Å²) in [5.41, 5.74) is 7.31. The quantitative estimate of drug-likeness (QED) is 0.875. The van der Waals surface area contributed by atoms with Crippen molar-refractivity contribution >= 4 is 26.0 Å². The average Bonchev–Trinajstić information content (AvgIpc) is 2.47. The Kier molecular flexibility index (Phi) is 5.10. The molecule has 0 spiro atoms. The summed E-state index contributed by atoms with van der Waals surface area (Å²) in [6.45, 7) is 0.654. The van der Waals surface area contributed by atoms with Gasteiger partial charge in [0.1, 0.15) is 0 Å². The molecule has 0 unspecified atom stereocenters. The molecule has 0 aliphatic heterocycles. The number of benzene rings is 1. The Morgan fingerprint density at radius 3 is 2.43 bits per heavy atom. The predicted octanol–water partition coefficient (Wildman–Crippen LogP) is 2.12. The monoisotopic (exact) mass is 369 g/mol. The Hall–Kier alpha value is -1.28. The van der Waals surface area contributed by atoms with Gasteiger partial charge in [-0.2, -0.15) is 4.31 Å². The number of hydrogen-bond acceptors (Lipinski definition) is 4. The van der Waals surface area contributed by atoms with E-state index in [1.54, 1.807) is 49.8 Å². The van der Waals surface area contributed by atoms with Crippen LogP contribution in [0.25, 0.3) is 0 Å². The summed E-state index contributed by atoms with van der Waals surface area (Å²) in [7, 11) is -2.01. The van der Waals surface area contributed by atoms with E-state index in [0.717, 1.165) is 11.1 Å². The maximum atomic E-state index is 12.6. The summed E-state index contributed by atoms with van der Waals surface area (Å²) in [5.74, 6) is 0. The first-order valence-corrected chi connectivity index (χ1v) is 8.52. The Labute approximate surface area is 133 Å². The number of nitrogens with two attached hydrogens (primary N) is 1. The maximum absolute atomic E-state index is 12.6. The van der Waals surface area contributed by atoms with Crippen LogP contribution in [-0.4, -0.2) is 24.8 Å². The lowest BCUT2D eigenvalue weighted by Crippen LogP contribution is -2.26. The van der Waals surface area contributed by atoms with Crippen molar-refractivity contribution in [3.8, 4) is 0 Å². The van der Waals surface area contributed by atoms with E-state index in [2.05, 4.69) is 20.9 Å². The first-order valence-electron chi connectivity index (χ1n) is 6.29. The zero-order valence-electron chi connectivity index (χ0n) is 11.5. The molecule has 0 saturated carbocycles. The third kappa shape index (κ3) is 3.68. The Morgan fingerprint density at radius 2 is 1.86 bits per heavy atom. The fourth-order valence-electron chi connectivity index (χ4n) is 1.88. The number of hydrogen-bond donors (Lipinski definition) is 1. The molecular weight excluding hydrogens is 354 g/mol. The molecule has 21 heavy (non-hydrogen) atoms. The van der Waals surface area contributed by atoms with Crippen molar-refractivity contribution in [3.63, 3.8) is 0 Å². The summed E-state index contributed by atoms with van der Waals surface area (Å²) < 4.78 is 27.0. The molecule has 2 rings (SSSR count). The van der Waals surface area contributed by atoms with Gasteiger partial charge in [0.2, 0.25) is 10.0 Å². The van der Waals surface area contributed by atoms with Crippen LogP contribution in [-0.2, 0) is 23.1 Å². The summed E-state index contributed by atoms with van der Waals surface area (Å²) >= 11 is 3.31. The van der Waals surface area contributed by atoms with Crippen LogP contribution in [0.2, 0.25) is 0 Å². The van der Waals surface area contributed by atoms with Crippen molar-refractivity contribution in [3.05, 3.63) is 58.3 Å². The molecule has 0 aliphatic carbocycles. The normalized spacial score (nSPS) is 11.8. The molecular formula is C14H16BrN3O2S. The molecule has 7 heteroatoms. The van der Waals surface area contributed by atoms with Crippen LogP contribution in [0.3, 0.4) is 0 Å². The number of nitrogens with zero attached hydrogens (tertiary/aromatic N) is 2. The molecule has 1 aromatic carbocycles. The maximum Gasteiger partial charge on any atom is 0.244 e. The van der Waals surface area contributed by atoms with Gasteiger partial charge in [0.05, 0.1) is 4.90 Å². The van der Waals surface area contributed by atoms with Crippen molar-refractivity contribution in [1.29, 1.82) is 0 Å². The fourth-order valence-corrected chi connectivity index (χ4v) is 4.12. The molecule has 112 valence electrons. The minimum absolute atomic E-state index is 0.233. The molecule has 0 amide bonds. The van der Waals surface area contributed by atoms with E-state index in [4.69, 9.17) is 5.73 Å². The van der Waals surface area contributed by atoms with Crippen LogP contribution in [0.1, 0.15) is 11.1 Å². The van der Waals surface area contributed by atoms with Gasteiger partial charge in [-0.05, 0) is 51.3 Å². The van der Waals surface area contributed by atoms with Gasteiger partial charge < -0.3 is 5.73 Å². The fraction of sp³-hybridized carbons (Fsp3) is 0.214. The Morgan fingerprint density at radius 1 is 1.19 bits per heavy atom. The van der Waals surface area contributed by atoms with Crippen molar-refractivity contribution in [2.24, 2.45) is 5.73 Å². The van der Waals surface area contributed by atoms with Crippen molar-refractivity contribution < 1.29 is 8.42 Å². The lowest BCUT2D eigenvalue weighted by molar-refractivity contribution is 0.466.